The fraction of sp³-hybridized carbons (Fsp3) is 0.0909. The van der Waals surface area contributed by atoms with Crippen molar-refractivity contribution in [3.05, 3.63) is 75.9 Å². The summed E-state index contributed by atoms with van der Waals surface area (Å²) in [6, 6.07) is 18.1. The van der Waals surface area contributed by atoms with Gasteiger partial charge in [-0.15, -0.1) is 21.5 Å². The van der Waals surface area contributed by atoms with E-state index in [1.165, 1.54) is 23.1 Å². The number of ether oxygens (including phenoxy) is 1. The van der Waals surface area contributed by atoms with E-state index < -0.39 is 0 Å². The smallest absolute Gasteiger partial charge is 0.279 e. The molecular formula is C22H18ClN5O3S2. The summed E-state index contributed by atoms with van der Waals surface area (Å²) in [5.41, 5.74) is 6.35. The monoisotopic (exact) mass is 499 g/mol. The van der Waals surface area contributed by atoms with Crippen molar-refractivity contribution < 1.29 is 14.3 Å². The molecule has 4 rings (SSSR count). The highest BCUT2D eigenvalue weighted by Gasteiger charge is 2.20. The number of carbonyl (C=O) groups excluding carboxylic acids is 2. The molecule has 0 atom stereocenters. The summed E-state index contributed by atoms with van der Waals surface area (Å²) in [6.07, 6.45) is 0. The molecular weight excluding hydrogens is 482 g/mol. The minimum absolute atomic E-state index is 0.0162. The number of thiophene rings is 1. The first kappa shape index (κ1) is 22.8. The summed E-state index contributed by atoms with van der Waals surface area (Å²) in [6.45, 7) is 0. The van der Waals surface area contributed by atoms with Crippen molar-refractivity contribution in [2.75, 3.05) is 12.9 Å². The summed E-state index contributed by atoms with van der Waals surface area (Å²) in [7, 11) is 1.59. The number of hydrogen-bond donors (Lipinski definition) is 2. The maximum absolute atomic E-state index is 12.3. The third-order valence-electron chi connectivity index (χ3n) is 4.46. The number of carbonyl (C=O) groups is 2. The second-order valence-electron chi connectivity index (χ2n) is 6.59. The molecule has 4 aromatic rings. The van der Waals surface area contributed by atoms with Crippen molar-refractivity contribution in [3.8, 4) is 22.8 Å². The first-order valence-electron chi connectivity index (χ1n) is 9.67. The number of hydrazine groups is 1. The molecule has 0 aliphatic heterocycles. The number of halogens is 1. The molecule has 0 aliphatic rings. The van der Waals surface area contributed by atoms with E-state index in [1.54, 1.807) is 36.8 Å². The number of nitrogens with zero attached hydrogens (tertiary/aromatic N) is 3. The largest absolute Gasteiger partial charge is 0.496 e. The Morgan fingerprint density at radius 2 is 1.85 bits per heavy atom. The standard InChI is InChI=1S/C22H18ClN5O3S2/c1-31-17-6-3-2-5-16(17)20-25-27-22(28(20)15-10-8-14(23)9-11-15)33-13-19(29)24-26-21(30)18-7-4-12-32-18/h2-12H,13H2,1H3,(H,24,29)(H,26,30). The number of nitrogens with one attached hydrogen (secondary N) is 2. The summed E-state index contributed by atoms with van der Waals surface area (Å²) in [5, 5.41) is 11.5. The average molecular weight is 500 g/mol. The number of hydrogen-bond acceptors (Lipinski definition) is 7. The van der Waals surface area contributed by atoms with Crippen molar-refractivity contribution in [2.45, 2.75) is 5.16 Å². The van der Waals surface area contributed by atoms with Crippen molar-refractivity contribution in [3.63, 3.8) is 0 Å². The van der Waals surface area contributed by atoms with Crippen molar-refractivity contribution in [1.29, 1.82) is 0 Å². The molecule has 2 N–H and O–H groups in total. The molecule has 2 aromatic heterocycles. The van der Waals surface area contributed by atoms with Gasteiger partial charge in [0.1, 0.15) is 5.75 Å². The highest BCUT2D eigenvalue weighted by atomic mass is 35.5. The lowest BCUT2D eigenvalue weighted by Gasteiger charge is -2.12. The number of benzene rings is 2. The molecule has 0 saturated heterocycles. The second-order valence-corrected chi connectivity index (χ2v) is 8.91. The van der Waals surface area contributed by atoms with Crippen LogP contribution >= 0.6 is 34.7 Å². The number of amides is 2. The topological polar surface area (TPSA) is 98.1 Å². The Kier molecular flexibility index (Phi) is 7.28. The number of aromatic nitrogens is 3. The third kappa shape index (κ3) is 5.36. The van der Waals surface area contributed by atoms with Crippen molar-refractivity contribution in [1.82, 2.24) is 25.6 Å². The molecule has 0 spiro atoms. The lowest BCUT2D eigenvalue weighted by atomic mass is 10.2. The Labute approximate surface area is 202 Å². The minimum Gasteiger partial charge on any atom is -0.496 e. The van der Waals surface area contributed by atoms with Gasteiger partial charge in [0, 0.05) is 10.7 Å². The van der Waals surface area contributed by atoms with E-state index in [-0.39, 0.29) is 17.6 Å². The Balaban J connectivity index is 1.55. The maximum Gasteiger partial charge on any atom is 0.279 e. The van der Waals surface area contributed by atoms with Gasteiger partial charge in [0.15, 0.2) is 11.0 Å². The van der Waals surface area contributed by atoms with Crippen LogP contribution in [-0.2, 0) is 4.79 Å². The Bertz CT molecular complexity index is 1260. The second kappa shape index (κ2) is 10.5. The fourth-order valence-corrected chi connectivity index (χ4v) is 4.45. The van der Waals surface area contributed by atoms with Gasteiger partial charge in [0.2, 0.25) is 5.91 Å². The fourth-order valence-electron chi connectivity index (χ4n) is 2.95. The molecule has 0 saturated carbocycles. The lowest BCUT2D eigenvalue weighted by molar-refractivity contribution is -0.119. The predicted molar refractivity (Wildman–Crippen MR) is 129 cm³/mol. The Morgan fingerprint density at radius 1 is 1.06 bits per heavy atom. The first-order chi connectivity index (χ1) is 16.1. The van der Waals surface area contributed by atoms with Crippen LogP contribution in [0.15, 0.2) is 71.2 Å². The average Bonchev–Trinajstić information content (AvgIpc) is 3.52. The van der Waals surface area contributed by atoms with E-state index in [2.05, 4.69) is 21.0 Å². The van der Waals surface area contributed by atoms with Gasteiger partial charge in [-0.3, -0.25) is 25.0 Å². The highest BCUT2D eigenvalue weighted by molar-refractivity contribution is 7.99. The predicted octanol–water partition coefficient (Wildman–Crippen LogP) is 4.21. The summed E-state index contributed by atoms with van der Waals surface area (Å²) in [4.78, 5) is 24.8. The van der Waals surface area contributed by atoms with Crippen LogP contribution < -0.4 is 15.6 Å². The van der Waals surface area contributed by atoms with Gasteiger partial charge in [-0.2, -0.15) is 0 Å². The van der Waals surface area contributed by atoms with E-state index in [0.29, 0.717) is 26.6 Å². The van der Waals surface area contributed by atoms with E-state index >= 15 is 0 Å². The molecule has 2 aromatic carbocycles. The van der Waals surface area contributed by atoms with Gasteiger partial charge in [-0.1, -0.05) is 41.6 Å². The molecule has 0 unspecified atom stereocenters. The first-order valence-corrected chi connectivity index (χ1v) is 11.9. The van der Waals surface area contributed by atoms with Crippen LogP contribution in [0.3, 0.4) is 0 Å². The molecule has 0 fully saturated rings. The summed E-state index contributed by atoms with van der Waals surface area (Å²) < 4.78 is 7.32. The van der Waals surface area contributed by atoms with Gasteiger partial charge < -0.3 is 4.74 Å². The van der Waals surface area contributed by atoms with Gasteiger partial charge in [-0.25, -0.2) is 0 Å². The highest BCUT2D eigenvalue weighted by Crippen LogP contribution is 2.33. The SMILES string of the molecule is COc1ccccc1-c1nnc(SCC(=O)NNC(=O)c2cccs2)n1-c1ccc(Cl)cc1. The lowest BCUT2D eigenvalue weighted by Crippen LogP contribution is -2.42. The molecule has 0 aliphatic carbocycles. The molecule has 2 heterocycles. The molecule has 168 valence electrons. The van der Waals surface area contributed by atoms with Crippen LogP contribution in [0.1, 0.15) is 9.67 Å². The molecule has 33 heavy (non-hydrogen) atoms. The van der Waals surface area contributed by atoms with E-state index in [1.807, 2.05) is 41.0 Å². The quantitative estimate of drug-likeness (QED) is 0.292. The van der Waals surface area contributed by atoms with Crippen LogP contribution in [-0.4, -0.2) is 39.4 Å². The molecule has 0 radical (unpaired) electrons. The molecule has 0 bridgehead atoms. The zero-order valence-corrected chi connectivity index (χ0v) is 19.7. The molecule has 8 nitrogen and oxygen atoms in total. The zero-order chi connectivity index (χ0) is 23.2. The van der Waals surface area contributed by atoms with E-state index in [4.69, 9.17) is 16.3 Å². The normalized spacial score (nSPS) is 10.6. The van der Waals surface area contributed by atoms with Gasteiger partial charge in [0.25, 0.3) is 5.91 Å². The minimum atomic E-state index is -0.380. The Morgan fingerprint density at radius 3 is 2.58 bits per heavy atom. The third-order valence-corrected chi connectivity index (χ3v) is 6.51. The van der Waals surface area contributed by atoms with Crippen molar-refractivity contribution in [2.24, 2.45) is 0 Å². The number of thioether (sulfide) groups is 1. The molecule has 11 heteroatoms. The maximum atomic E-state index is 12.3. The van der Waals surface area contributed by atoms with E-state index in [0.717, 1.165) is 11.3 Å². The van der Waals surface area contributed by atoms with Gasteiger partial charge in [-0.05, 0) is 47.8 Å². The van der Waals surface area contributed by atoms with Gasteiger partial charge >= 0.3 is 0 Å². The summed E-state index contributed by atoms with van der Waals surface area (Å²) >= 11 is 8.54. The summed E-state index contributed by atoms with van der Waals surface area (Å²) in [5.74, 6) is 0.470. The number of rotatable bonds is 7. The van der Waals surface area contributed by atoms with Crippen LogP contribution in [0.4, 0.5) is 0 Å². The van der Waals surface area contributed by atoms with E-state index in [9.17, 15) is 9.59 Å². The number of methoxy groups -OCH3 is 1. The van der Waals surface area contributed by atoms with Crippen LogP contribution in [0.2, 0.25) is 5.02 Å². The zero-order valence-electron chi connectivity index (χ0n) is 17.3. The van der Waals surface area contributed by atoms with Crippen LogP contribution in [0.25, 0.3) is 17.1 Å². The van der Waals surface area contributed by atoms with Crippen LogP contribution in [0.5, 0.6) is 5.75 Å². The van der Waals surface area contributed by atoms with Crippen LogP contribution in [0, 0.1) is 0 Å². The number of para-hydroxylation sites is 1. The van der Waals surface area contributed by atoms with Gasteiger partial charge in [0.05, 0.1) is 23.3 Å². The Hall–Kier alpha value is -3.34. The van der Waals surface area contributed by atoms with Crippen molar-refractivity contribution >= 4 is 46.5 Å². The molecule has 2 amide bonds.